The van der Waals surface area contributed by atoms with Crippen LogP contribution in [0.4, 0.5) is 15.0 Å². The summed E-state index contributed by atoms with van der Waals surface area (Å²) in [5.41, 5.74) is 8.00. The summed E-state index contributed by atoms with van der Waals surface area (Å²) in [5, 5.41) is 12.9. The smallest absolute Gasteiger partial charge is 0.433 e. The third kappa shape index (κ3) is 5.31. The van der Waals surface area contributed by atoms with E-state index in [-0.39, 0.29) is 28.9 Å². The van der Waals surface area contributed by atoms with Gasteiger partial charge in [-0.3, -0.25) is 0 Å². The highest BCUT2D eigenvalue weighted by Crippen LogP contribution is 2.54. The molecule has 1 aromatic carbocycles. The van der Waals surface area contributed by atoms with E-state index in [1.807, 2.05) is 12.1 Å². The summed E-state index contributed by atoms with van der Waals surface area (Å²) >= 11 is 0. The molecule has 2 aromatic heterocycles. The van der Waals surface area contributed by atoms with Crippen molar-refractivity contribution in [3.63, 3.8) is 0 Å². The van der Waals surface area contributed by atoms with E-state index in [4.69, 9.17) is 15.7 Å². The highest BCUT2D eigenvalue weighted by atomic mass is 19.1. The molecule has 3 aromatic rings. The van der Waals surface area contributed by atoms with Crippen LogP contribution in [-0.4, -0.2) is 42.6 Å². The maximum absolute atomic E-state index is 13.9. The molecule has 216 valence electrons. The molecule has 3 fully saturated rings. The van der Waals surface area contributed by atoms with Crippen LogP contribution in [0.2, 0.25) is 0 Å². The summed E-state index contributed by atoms with van der Waals surface area (Å²) in [6.07, 6.45) is 10.4. The number of imidazole rings is 1. The molecule has 0 bridgehead atoms. The number of nitrogens with one attached hydrogen (secondary N) is 1. The molecule has 0 unspecified atom stereocenters. The zero-order valence-corrected chi connectivity index (χ0v) is 23.5. The number of benzene rings is 1. The molecular formula is C31H38FN7O2. The average molecular weight is 560 g/mol. The first-order valence-corrected chi connectivity index (χ1v) is 14.8. The largest absolute Gasteiger partial charge is 0.463 e. The summed E-state index contributed by atoms with van der Waals surface area (Å²) in [6, 6.07) is 6.89. The molecule has 4 N–H and O–H groups in total. The molecule has 0 radical (unpaired) electrons. The van der Waals surface area contributed by atoms with Gasteiger partial charge in [0.15, 0.2) is 23.1 Å². The highest BCUT2D eigenvalue weighted by Gasteiger charge is 2.50. The van der Waals surface area contributed by atoms with Crippen molar-refractivity contribution in [2.45, 2.75) is 82.7 Å². The van der Waals surface area contributed by atoms with Crippen molar-refractivity contribution in [2.24, 2.45) is 28.5 Å². The van der Waals surface area contributed by atoms with Gasteiger partial charge in [-0.05, 0) is 93.7 Å². The van der Waals surface area contributed by atoms with Gasteiger partial charge >= 0.3 is 6.09 Å². The topological polar surface area (TPSA) is 131 Å². The Morgan fingerprint density at radius 2 is 1.90 bits per heavy atom. The van der Waals surface area contributed by atoms with Gasteiger partial charge in [-0.1, -0.05) is 24.6 Å². The third-order valence-corrected chi connectivity index (χ3v) is 9.51. The summed E-state index contributed by atoms with van der Waals surface area (Å²) < 4.78 is 16.2. The van der Waals surface area contributed by atoms with Crippen LogP contribution in [-0.2, 0) is 12.0 Å². The Labute approximate surface area is 239 Å². The minimum atomic E-state index is -1.40. The standard InChI is InChI=1S/C31H38FN7O2/c1-3-19-7-9-20(10-8-19)17-39-24-26(34-18(2)21-5-4-6-21)36-28(25(33)35-30(40)41)37-27(24)38-29(39)31(15-16-31)22-11-13-23(32)14-12-22/h3,11-14,18-21H,1,4-10,15-17H2,2H3,(H2,33,35)(H,40,41)(H,34,36,37)/t18-,19?,20?/m1/s1. The number of halogens is 1. The first kappa shape index (κ1) is 27.4. The Hall–Kier alpha value is -3.82. The predicted molar refractivity (Wildman–Crippen MR) is 157 cm³/mol. The lowest BCUT2D eigenvalue weighted by Crippen LogP contribution is -2.32. The van der Waals surface area contributed by atoms with Gasteiger partial charge in [-0.2, -0.15) is 4.99 Å². The Kier molecular flexibility index (Phi) is 7.25. The molecule has 1 amide bonds. The SMILES string of the molecule is C=CC1CCC(Cn2c(C3(c4ccc(F)cc4)CC3)nc3nc(/C(N)=N/C(=O)O)nc(N[C@H](C)C4CCC4)c32)CC1. The number of amidine groups is 1. The van der Waals surface area contributed by atoms with Gasteiger partial charge in [-0.25, -0.2) is 24.1 Å². The van der Waals surface area contributed by atoms with Crippen molar-refractivity contribution in [3.05, 3.63) is 59.9 Å². The minimum Gasteiger partial charge on any atom is -0.463 e. The van der Waals surface area contributed by atoms with Crippen molar-refractivity contribution in [3.8, 4) is 0 Å². The number of nitrogens with two attached hydrogens (primary N) is 1. The number of carboxylic acid groups (broad SMARTS) is 1. The lowest BCUT2D eigenvalue weighted by molar-refractivity contribution is 0.205. The maximum atomic E-state index is 13.9. The van der Waals surface area contributed by atoms with E-state index in [1.54, 1.807) is 0 Å². The molecule has 0 spiro atoms. The van der Waals surface area contributed by atoms with Crippen molar-refractivity contribution in [2.75, 3.05) is 5.32 Å². The van der Waals surface area contributed by atoms with Gasteiger partial charge in [0.05, 0.1) is 5.41 Å². The Morgan fingerprint density at radius 3 is 2.49 bits per heavy atom. The van der Waals surface area contributed by atoms with Crippen molar-refractivity contribution < 1.29 is 14.3 Å². The van der Waals surface area contributed by atoms with Crippen LogP contribution in [0.25, 0.3) is 11.2 Å². The molecule has 3 saturated carbocycles. The molecule has 3 aliphatic carbocycles. The molecular weight excluding hydrogens is 521 g/mol. The number of anilines is 1. The Bertz CT molecular complexity index is 1480. The number of hydrogen-bond acceptors (Lipinski definition) is 5. The van der Waals surface area contributed by atoms with Gasteiger partial charge in [0.2, 0.25) is 0 Å². The molecule has 9 nitrogen and oxygen atoms in total. The van der Waals surface area contributed by atoms with Crippen LogP contribution < -0.4 is 11.1 Å². The number of amides is 1. The first-order valence-electron chi connectivity index (χ1n) is 14.8. The van der Waals surface area contributed by atoms with Gasteiger partial charge in [0, 0.05) is 12.6 Å². The maximum Gasteiger partial charge on any atom is 0.433 e. The summed E-state index contributed by atoms with van der Waals surface area (Å²) in [5.74, 6) is 2.55. The van der Waals surface area contributed by atoms with E-state index in [9.17, 15) is 14.3 Å². The number of rotatable bonds is 9. The van der Waals surface area contributed by atoms with Gasteiger partial charge in [0.1, 0.15) is 17.2 Å². The van der Waals surface area contributed by atoms with E-state index >= 15 is 0 Å². The van der Waals surface area contributed by atoms with Crippen LogP contribution in [0.1, 0.15) is 81.9 Å². The lowest BCUT2D eigenvalue weighted by Gasteiger charge is -2.32. The number of allylic oxidation sites excluding steroid dienone is 1. The Morgan fingerprint density at radius 1 is 1.20 bits per heavy atom. The number of aliphatic imine (C=N–C) groups is 1. The average Bonchev–Trinajstić information content (AvgIpc) is 3.64. The molecule has 1 atom stereocenters. The zero-order valence-electron chi connectivity index (χ0n) is 23.5. The van der Waals surface area contributed by atoms with Crippen LogP contribution in [0.3, 0.4) is 0 Å². The van der Waals surface area contributed by atoms with Crippen LogP contribution in [0, 0.1) is 23.6 Å². The zero-order chi connectivity index (χ0) is 28.7. The second kappa shape index (κ2) is 10.9. The molecule has 2 heterocycles. The van der Waals surface area contributed by atoms with Crippen molar-refractivity contribution in [1.82, 2.24) is 19.5 Å². The molecule has 10 heteroatoms. The van der Waals surface area contributed by atoms with E-state index in [2.05, 4.69) is 39.4 Å². The third-order valence-electron chi connectivity index (χ3n) is 9.51. The number of fused-ring (bicyclic) bond motifs is 1. The number of carbonyl (C=O) groups is 1. The van der Waals surface area contributed by atoms with E-state index in [0.717, 1.165) is 74.8 Å². The summed E-state index contributed by atoms with van der Waals surface area (Å²) in [6.45, 7) is 6.93. The van der Waals surface area contributed by atoms with Crippen LogP contribution in [0.5, 0.6) is 0 Å². The van der Waals surface area contributed by atoms with E-state index < -0.39 is 6.09 Å². The normalized spacial score (nSPS) is 23.1. The minimum absolute atomic E-state index is 0.0394. The highest BCUT2D eigenvalue weighted by molar-refractivity contribution is 6.01. The first-order chi connectivity index (χ1) is 19.8. The molecule has 3 aliphatic rings. The van der Waals surface area contributed by atoms with Crippen LogP contribution >= 0.6 is 0 Å². The van der Waals surface area contributed by atoms with E-state index in [1.165, 1.54) is 18.6 Å². The number of hydrogen-bond donors (Lipinski definition) is 3. The molecule has 41 heavy (non-hydrogen) atoms. The van der Waals surface area contributed by atoms with E-state index in [0.29, 0.717) is 29.2 Å². The quantitative estimate of drug-likeness (QED) is 0.166. The summed E-state index contributed by atoms with van der Waals surface area (Å²) in [4.78, 5) is 29.3. The summed E-state index contributed by atoms with van der Waals surface area (Å²) in [7, 11) is 0. The molecule has 0 saturated heterocycles. The van der Waals surface area contributed by atoms with Gasteiger partial charge in [-0.15, -0.1) is 6.58 Å². The fourth-order valence-electron chi connectivity index (χ4n) is 6.62. The van der Waals surface area contributed by atoms with Crippen LogP contribution in [0.15, 0.2) is 41.9 Å². The second-order valence-electron chi connectivity index (χ2n) is 12.1. The predicted octanol–water partition coefficient (Wildman–Crippen LogP) is 6.02. The fraction of sp³-hybridized carbons (Fsp3) is 0.516. The Balaban J connectivity index is 1.50. The number of aromatic nitrogens is 4. The lowest BCUT2D eigenvalue weighted by atomic mass is 9.80. The fourth-order valence-corrected chi connectivity index (χ4v) is 6.62. The second-order valence-corrected chi connectivity index (χ2v) is 12.1. The monoisotopic (exact) mass is 559 g/mol. The molecule has 6 rings (SSSR count). The van der Waals surface area contributed by atoms with Gasteiger partial charge in [0.25, 0.3) is 0 Å². The van der Waals surface area contributed by atoms with Crippen molar-refractivity contribution in [1.29, 1.82) is 0 Å². The van der Waals surface area contributed by atoms with Gasteiger partial charge < -0.3 is 20.7 Å². The molecule has 0 aliphatic heterocycles. The number of nitrogens with zero attached hydrogens (tertiary/aromatic N) is 5. The van der Waals surface area contributed by atoms with Crippen molar-refractivity contribution >= 4 is 28.9 Å².